The summed E-state index contributed by atoms with van der Waals surface area (Å²) in [5.41, 5.74) is 3.62. The van der Waals surface area contributed by atoms with Crippen LogP contribution in [0.5, 0.6) is 0 Å². The van der Waals surface area contributed by atoms with Crippen molar-refractivity contribution in [2.45, 2.75) is 26.2 Å². The minimum Gasteiger partial charge on any atom is -0.139 e. The van der Waals surface area contributed by atoms with Crippen LogP contribution < -0.4 is 0 Å². The molecule has 2 rings (SSSR count). The Balaban J connectivity index is 2.08. The minimum absolute atomic E-state index is 0.373. The molecule has 3 heteroatoms. The van der Waals surface area contributed by atoms with Gasteiger partial charge in [0.2, 0.25) is 0 Å². The van der Waals surface area contributed by atoms with Gasteiger partial charge in [-0.25, -0.2) is 0 Å². The van der Waals surface area contributed by atoms with E-state index in [9.17, 15) is 0 Å². The van der Waals surface area contributed by atoms with E-state index in [4.69, 9.17) is 0 Å². The lowest BCUT2D eigenvalue weighted by atomic mass is 9.97. The molecule has 1 heterocycles. The van der Waals surface area contributed by atoms with Crippen molar-refractivity contribution in [3.63, 3.8) is 0 Å². The number of hydrogen-bond donors (Lipinski definition) is 0. The zero-order valence-electron chi connectivity index (χ0n) is 9.59. The maximum absolute atomic E-state index is 4.03. The average Bonchev–Trinajstić information content (AvgIpc) is 2.33. The van der Waals surface area contributed by atoms with Gasteiger partial charge in [0.1, 0.15) is 0 Å². The van der Waals surface area contributed by atoms with Gasteiger partial charge in [0.15, 0.2) is 0 Å². The number of aryl methyl sites for hydroxylation is 1. The van der Waals surface area contributed by atoms with Crippen LogP contribution in [0.3, 0.4) is 0 Å². The monoisotopic (exact) mass is 213 g/mol. The summed E-state index contributed by atoms with van der Waals surface area (Å²) in [6.45, 7) is 4.26. The van der Waals surface area contributed by atoms with Crippen LogP contribution in [0.15, 0.2) is 36.5 Å². The van der Waals surface area contributed by atoms with E-state index in [-0.39, 0.29) is 0 Å². The van der Waals surface area contributed by atoms with Crippen LogP contribution in [0.25, 0.3) is 0 Å². The highest BCUT2D eigenvalue weighted by atomic mass is 15.3. The normalized spacial score (nSPS) is 12.4. The molecule has 0 bridgehead atoms. The molecule has 0 N–H and O–H groups in total. The molecule has 3 nitrogen and oxygen atoms in total. The number of hydrogen-bond acceptors (Lipinski definition) is 3. The van der Waals surface area contributed by atoms with E-state index in [2.05, 4.69) is 53.5 Å². The van der Waals surface area contributed by atoms with Gasteiger partial charge in [0.05, 0.1) is 11.9 Å². The van der Waals surface area contributed by atoms with E-state index in [0.717, 1.165) is 12.1 Å². The third kappa shape index (κ3) is 2.63. The molecular formula is C13H15N3. The van der Waals surface area contributed by atoms with Crippen LogP contribution in [0, 0.1) is 6.92 Å². The Kier molecular flexibility index (Phi) is 3.25. The Morgan fingerprint density at radius 1 is 1.12 bits per heavy atom. The van der Waals surface area contributed by atoms with Crippen molar-refractivity contribution in [2.24, 2.45) is 0 Å². The summed E-state index contributed by atoms with van der Waals surface area (Å²) in [5.74, 6) is 0.373. The number of aromatic nitrogens is 3. The van der Waals surface area contributed by atoms with Gasteiger partial charge < -0.3 is 0 Å². The Labute approximate surface area is 95.5 Å². The highest BCUT2D eigenvalue weighted by Gasteiger charge is 2.08. The predicted octanol–water partition coefficient (Wildman–Crippen LogP) is 2.53. The van der Waals surface area contributed by atoms with Crippen LogP contribution in [0.1, 0.15) is 29.7 Å². The van der Waals surface area contributed by atoms with Gasteiger partial charge in [0.25, 0.3) is 0 Å². The van der Waals surface area contributed by atoms with E-state index < -0.39 is 0 Å². The topological polar surface area (TPSA) is 38.7 Å². The summed E-state index contributed by atoms with van der Waals surface area (Å²) < 4.78 is 0. The van der Waals surface area contributed by atoms with Crippen LogP contribution in [-0.4, -0.2) is 15.4 Å². The van der Waals surface area contributed by atoms with E-state index in [1.165, 1.54) is 11.1 Å². The standard InChI is InChI=1S/C13H15N3/c1-10-3-5-12(6-4-10)9-11(2)13-7-8-14-16-15-13/h3-8,11H,9H2,1-2H3. The second kappa shape index (κ2) is 4.84. The molecule has 1 aromatic heterocycles. The third-order valence-corrected chi connectivity index (χ3v) is 2.69. The van der Waals surface area contributed by atoms with Crippen molar-refractivity contribution in [3.05, 3.63) is 53.3 Å². The Morgan fingerprint density at radius 2 is 1.88 bits per heavy atom. The van der Waals surface area contributed by atoms with E-state index >= 15 is 0 Å². The Bertz CT molecular complexity index is 436. The van der Waals surface area contributed by atoms with Crippen molar-refractivity contribution in [1.29, 1.82) is 0 Å². The fourth-order valence-corrected chi connectivity index (χ4v) is 1.70. The molecule has 0 fully saturated rings. The molecule has 82 valence electrons. The third-order valence-electron chi connectivity index (χ3n) is 2.69. The number of nitrogens with zero attached hydrogens (tertiary/aromatic N) is 3. The molecule has 1 atom stereocenters. The lowest BCUT2D eigenvalue weighted by Crippen LogP contribution is -2.03. The van der Waals surface area contributed by atoms with Gasteiger partial charge in [-0.3, -0.25) is 0 Å². The van der Waals surface area contributed by atoms with Gasteiger partial charge in [0, 0.05) is 5.92 Å². The molecule has 0 amide bonds. The first-order chi connectivity index (χ1) is 7.75. The SMILES string of the molecule is Cc1ccc(CC(C)c2ccnnn2)cc1. The lowest BCUT2D eigenvalue weighted by molar-refractivity contribution is 0.688. The predicted molar refractivity (Wildman–Crippen MR) is 63.1 cm³/mol. The molecule has 2 aromatic rings. The van der Waals surface area contributed by atoms with Gasteiger partial charge in [-0.15, -0.1) is 10.2 Å². The molecule has 1 aromatic carbocycles. The molecule has 0 spiro atoms. The van der Waals surface area contributed by atoms with Crippen LogP contribution >= 0.6 is 0 Å². The van der Waals surface area contributed by atoms with Crippen LogP contribution in [0.4, 0.5) is 0 Å². The molecule has 16 heavy (non-hydrogen) atoms. The zero-order chi connectivity index (χ0) is 11.4. The van der Waals surface area contributed by atoms with E-state index in [1.807, 2.05) is 6.07 Å². The second-order valence-corrected chi connectivity index (χ2v) is 4.14. The highest BCUT2D eigenvalue weighted by Crippen LogP contribution is 2.17. The smallest absolute Gasteiger partial charge is 0.0696 e. The fourth-order valence-electron chi connectivity index (χ4n) is 1.70. The summed E-state index contributed by atoms with van der Waals surface area (Å²) in [6, 6.07) is 10.5. The molecule has 0 aliphatic heterocycles. The van der Waals surface area contributed by atoms with Gasteiger partial charge in [-0.05, 0) is 30.2 Å². The maximum atomic E-state index is 4.03. The molecule has 0 aliphatic carbocycles. The van der Waals surface area contributed by atoms with Gasteiger partial charge >= 0.3 is 0 Å². The van der Waals surface area contributed by atoms with Crippen molar-refractivity contribution in [3.8, 4) is 0 Å². The van der Waals surface area contributed by atoms with Crippen molar-refractivity contribution < 1.29 is 0 Å². The zero-order valence-corrected chi connectivity index (χ0v) is 9.59. The summed E-state index contributed by atoms with van der Waals surface area (Å²) in [5, 5.41) is 11.4. The first-order valence-electron chi connectivity index (χ1n) is 5.45. The molecule has 0 aliphatic rings. The lowest BCUT2D eigenvalue weighted by Gasteiger charge is -2.09. The van der Waals surface area contributed by atoms with Crippen molar-refractivity contribution in [2.75, 3.05) is 0 Å². The second-order valence-electron chi connectivity index (χ2n) is 4.14. The molecule has 1 unspecified atom stereocenters. The number of benzene rings is 1. The summed E-state index contributed by atoms with van der Waals surface area (Å²) in [4.78, 5) is 0. The average molecular weight is 213 g/mol. The van der Waals surface area contributed by atoms with E-state index in [1.54, 1.807) is 6.20 Å². The highest BCUT2D eigenvalue weighted by molar-refractivity contribution is 5.23. The Morgan fingerprint density at radius 3 is 2.50 bits per heavy atom. The van der Waals surface area contributed by atoms with Gasteiger partial charge in [-0.1, -0.05) is 36.8 Å². The Hall–Kier alpha value is -1.77. The first kappa shape index (κ1) is 10.7. The molecule has 0 saturated heterocycles. The molecular weight excluding hydrogens is 198 g/mol. The summed E-state index contributed by atoms with van der Waals surface area (Å²) in [6.07, 6.45) is 2.67. The molecule has 0 saturated carbocycles. The quantitative estimate of drug-likeness (QED) is 0.786. The summed E-state index contributed by atoms with van der Waals surface area (Å²) >= 11 is 0. The van der Waals surface area contributed by atoms with Crippen molar-refractivity contribution >= 4 is 0 Å². The largest absolute Gasteiger partial charge is 0.139 e. The fraction of sp³-hybridized carbons (Fsp3) is 0.308. The number of rotatable bonds is 3. The minimum atomic E-state index is 0.373. The maximum Gasteiger partial charge on any atom is 0.0696 e. The molecule has 0 radical (unpaired) electrons. The van der Waals surface area contributed by atoms with Crippen molar-refractivity contribution in [1.82, 2.24) is 15.4 Å². The van der Waals surface area contributed by atoms with Crippen LogP contribution in [0.2, 0.25) is 0 Å². The summed E-state index contributed by atoms with van der Waals surface area (Å²) in [7, 11) is 0. The van der Waals surface area contributed by atoms with E-state index in [0.29, 0.717) is 5.92 Å². The van der Waals surface area contributed by atoms with Crippen LogP contribution in [-0.2, 0) is 6.42 Å². The van der Waals surface area contributed by atoms with Gasteiger partial charge in [-0.2, -0.15) is 0 Å². The first-order valence-corrected chi connectivity index (χ1v) is 5.45.